The summed E-state index contributed by atoms with van der Waals surface area (Å²) in [7, 11) is 1.93. The molecule has 0 atom stereocenters. The van der Waals surface area contributed by atoms with E-state index in [1.54, 1.807) is 11.9 Å². The van der Waals surface area contributed by atoms with Crippen LogP contribution in [0.5, 0.6) is 0 Å². The van der Waals surface area contributed by atoms with Crippen LogP contribution in [-0.2, 0) is 4.79 Å². The normalized spacial score (nSPS) is 17.6. The van der Waals surface area contributed by atoms with Gasteiger partial charge < -0.3 is 10.1 Å². The highest BCUT2D eigenvalue weighted by Gasteiger charge is 2.16. The fourth-order valence-corrected chi connectivity index (χ4v) is 2.84. The summed E-state index contributed by atoms with van der Waals surface area (Å²) in [4.78, 5) is 13.9. The molecule has 18 heavy (non-hydrogen) atoms. The lowest BCUT2D eigenvalue weighted by Gasteiger charge is -2.32. The van der Waals surface area contributed by atoms with E-state index < -0.39 is 0 Å². The second-order valence-electron chi connectivity index (χ2n) is 4.26. The van der Waals surface area contributed by atoms with Gasteiger partial charge in [0.05, 0.1) is 6.54 Å². The van der Waals surface area contributed by atoms with Crippen LogP contribution in [0.1, 0.15) is 0 Å². The molecule has 1 saturated heterocycles. The van der Waals surface area contributed by atoms with Crippen LogP contribution in [0.4, 0.5) is 5.69 Å². The van der Waals surface area contributed by atoms with Crippen LogP contribution in [-0.4, -0.2) is 55.3 Å². The molecule has 1 aliphatic heterocycles. The number of piperazine rings is 1. The van der Waals surface area contributed by atoms with Gasteiger partial charge in [-0.15, -0.1) is 0 Å². The van der Waals surface area contributed by atoms with Crippen molar-refractivity contribution >= 4 is 23.9 Å². The summed E-state index contributed by atoms with van der Waals surface area (Å²) in [5.74, 6) is 0. The molecule has 1 aliphatic rings. The first kappa shape index (κ1) is 13.4. The molecular formula is C13H19N3OS. The number of aldehydes is 1. The Morgan fingerprint density at radius 2 is 1.89 bits per heavy atom. The summed E-state index contributed by atoms with van der Waals surface area (Å²) in [6.07, 6.45) is 0.985. The van der Waals surface area contributed by atoms with Crippen molar-refractivity contribution in [3.05, 3.63) is 24.3 Å². The summed E-state index contributed by atoms with van der Waals surface area (Å²) in [5, 5.41) is 3.12. The Morgan fingerprint density at radius 3 is 2.44 bits per heavy atom. The number of nitrogens with zero attached hydrogens (tertiary/aromatic N) is 2. The third-order valence-electron chi connectivity index (χ3n) is 3.04. The Balaban J connectivity index is 1.81. The second kappa shape index (κ2) is 6.78. The number of benzene rings is 1. The van der Waals surface area contributed by atoms with E-state index in [1.165, 1.54) is 4.90 Å². The van der Waals surface area contributed by atoms with Crippen molar-refractivity contribution in [2.75, 3.05) is 45.1 Å². The van der Waals surface area contributed by atoms with Crippen LogP contribution in [0.15, 0.2) is 29.2 Å². The molecule has 0 unspecified atom stereocenters. The van der Waals surface area contributed by atoms with E-state index in [9.17, 15) is 4.79 Å². The number of nitrogens with one attached hydrogen (secondary N) is 1. The molecule has 0 bridgehead atoms. The third kappa shape index (κ3) is 3.73. The van der Waals surface area contributed by atoms with Gasteiger partial charge in [-0.1, -0.05) is 0 Å². The van der Waals surface area contributed by atoms with Gasteiger partial charge in [0.15, 0.2) is 0 Å². The van der Waals surface area contributed by atoms with Crippen LogP contribution in [0.25, 0.3) is 0 Å². The van der Waals surface area contributed by atoms with Gasteiger partial charge in [-0.25, -0.2) is 4.31 Å². The van der Waals surface area contributed by atoms with Gasteiger partial charge in [-0.3, -0.25) is 4.90 Å². The van der Waals surface area contributed by atoms with Crippen molar-refractivity contribution in [1.29, 1.82) is 0 Å². The van der Waals surface area contributed by atoms with E-state index in [2.05, 4.69) is 38.8 Å². The zero-order valence-electron chi connectivity index (χ0n) is 10.6. The summed E-state index contributed by atoms with van der Waals surface area (Å²) < 4.78 is 2.36. The molecule has 1 aromatic rings. The lowest BCUT2D eigenvalue weighted by atomic mass is 10.3. The Labute approximate surface area is 112 Å². The fraction of sp³-hybridized carbons (Fsp3) is 0.462. The number of rotatable bonds is 5. The molecular weight excluding hydrogens is 246 g/mol. The minimum atomic E-state index is 0.565. The molecule has 98 valence electrons. The quantitative estimate of drug-likeness (QED) is 0.645. The average Bonchev–Trinajstić information content (AvgIpc) is 2.42. The van der Waals surface area contributed by atoms with E-state index in [0.29, 0.717) is 6.54 Å². The summed E-state index contributed by atoms with van der Waals surface area (Å²) in [6, 6.07) is 8.44. The number of hydrogen-bond donors (Lipinski definition) is 1. The predicted molar refractivity (Wildman–Crippen MR) is 75.9 cm³/mol. The van der Waals surface area contributed by atoms with Crippen molar-refractivity contribution in [2.24, 2.45) is 0 Å². The monoisotopic (exact) mass is 265 g/mol. The van der Waals surface area contributed by atoms with Gasteiger partial charge in [0.2, 0.25) is 0 Å². The van der Waals surface area contributed by atoms with Gasteiger partial charge in [0.1, 0.15) is 6.29 Å². The Morgan fingerprint density at radius 1 is 1.22 bits per heavy atom. The van der Waals surface area contributed by atoms with E-state index in [-0.39, 0.29) is 0 Å². The first-order chi connectivity index (χ1) is 8.81. The number of anilines is 1. The fourth-order valence-electron chi connectivity index (χ4n) is 1.94. The molecule has 5 heteroatoms. The van der Waals surface area contributed by atoms with Gasteiger partial charge in [-0.2, -0.15) is 0 Å². The molecule has 1 fully saturated rings. The number of carbonyl (C=O) groups excluding carboxylic acids is 1. The average molecular weight is 265 g/mol. The maximum Gasteiger partial charge on any atom is 0.133 e. The number of hydrogen-bond acceptors (Lipinski definition) is 5. The first-order valence-electron chi connectivity index (χ1n) is 6.18. The topological polar surface area (TPSA) is 35.6 Å². The predicted octanol–water partition coefficient (Wildman–Crippen LogP) is 1.55. The van der Waals surface area contributed by atoms with Gasteiger partial charge >= 0.3 is 0 Å². The van der Waals surface area contributed by atoms with Crippen molar-refractivity contribution in [3.8, 4) is 0 Å². The standard InChI is InChI=1S/C13H19N3OS/c1-14-12-2-4-13(5-3-12)18-16-8-6-15(7-9-16)10-11-17/h2-5,11,14H,6-10H2,1H3. The highest BCUT2D eigenvalue weighted by Crippen LogP contribution is 2.24. The maximum atomic E-state index is 10.4. The van der Waals surface area contributed by atoms with Crippen molar-refractivity contribution in [2.45, 2.75) is 4.90 Å². The molecule has 1 N–H and O–H groups in total. The number of carbonyl (C=O) groups is 1. The molecule has 0 aromatic heterocycles. The highest BCUT2D eigenvalue weighted by molar-refractivity contribution is 7.97. The second-order valence-corrected chi connectivity index (χ2v) is 5.43. The Kier molecular flexibility index (Phi) is 5.04. The largest absolute Gasteiger partial charge is 0.388 e. The smallest absolute Gasteiger partial charge is 0.133 e. The molecule has 0 spiro atoms. The van der Waals surface area contributed by atoms with Gasteiger partial charge in [0, 0.05) is 43.8 Å². The first-order valence-corrected chi connectivity index (χ1v) is 6.96. The molecule has 4 nitrogen and oxygen atoms in total. The van der Waals surface area contributed by atoms with Crippen molar-refractivity contribution < 1.29 is 4.79 Å². The van der Waals surface area contributed by atoms with Crippen molar-refractivity contribution in [3.63, 3.8) is 0 Å². The highest BCUT2D eigenvalue weighted by atomic mass is 32.2. The molecule has 0 radical (unpaired) electrons. The molecule has 0 aliphatic carbocycles. The third-order valence-corrected chi connectivity index (χ3v) is 4.15. The van der Waals surface area contributed by atoms with Gasteiger partial charge in [-0.05, 0) is 36.2 Å². The van der Waals surface area contributed by atoms with Crippen LogP contribution >= 0.6 is 11.9 Å². The maximum absolute atomic E-state index is 10.4. The molecule has 0 amide bonds. The van der Waals surface area contributed by atoms with E-state index in [0.717, 1.165) is 38.2 Å². The van der Waals surface area contributed by atoms with Crippen LogP contribution < -0.4 is 5.32 Å². The Hall–Kier alpha value is -1.04. The molecule has 1 heterocycles. The van der Waals surface area contributed by atoms with Crippen LogP contribution in [0.3, 0.4) is 0 Å². The zero-order valence-corrected chi connectivity index (χ0v) is 11.4. The molecule has 2 rings (SSSR count). The van der Waals surface area contributed by atoms with Gasteiger partial charge in [0.25, 0.3) is 0 Å². The van der Waals surface area contributed by atoms with Crippen LogP contribution in [0, 0.1) is 0 Å². The zero-order chi connectivity index (χ0) is 12.8. The summed E-state index contributed by atoms with van der Waals surface area (Å²) in [6.45, 7) is 4.52. The SMILES string of the molecule is CNc1ccc(SN2CCN(CC=O)CC2)cc1. The summed E-state index contributed by atoms with van der Waals surface area (Å²) >= 11 is 1.79. The van der Waals surface area contributed by atoms with E-state index in [1.807, 2.05) is 7.05 Å². The van der Waals surface area contributed by atoms with E-state index in [4.69, 9.17) is 0 Å². The van der Waals surface area contributed by atoms with E-state index >= 15 is 0 Å². The lowest BCUT2D eigenvalue weighted by Crippen LogP contribution is -2.43. The molecule has 1 aromatic carbocycles. The minimum absolute atomic E-state index is 0.565. The van der Waals surface area contributed by atoms with Crippen molar-refractivity contribution in [1.82, 2.24) is 9.21 Å². The van der Waals surface area contributed by atoms with Crippen LogP contribution in [0.2, 0.25) is 0 Å². The summed E-state index contributed by atoms with van der Waals surface area (Å²) in [5.41, 5.74) is 1.13. The minimum Gasteiger partial charge on any atom is -0.388 e. The molecule has 0 saturated carbocycles. The lowest BCUT2D eigenvalue weighted by molar-refractivity contribution is -0.109. The Bertz CT molecular complexity index is 374.